The fraction of sp³-hybridized carbons (Fsp3) is 0. The molecule has 0 fully saturated rings. The van der Waals surface area contributed by atoms with E-state index in [0.29, 0.717) is 5.82 Å². The fourth-order valence-corrected chi connectivity index (χ4v) is 1.20. The van der Waals surface area contributed by atoms with Gasteiger partial charge in [0.1, 0.15) is 17.5 Å². The zero-order valence-electron chi connectivity index (χ0n) is 8.77. The highest BCUT2D eigenvalue weighted by atomic mass is 19.1. The van der Waals surface area contributed by atoms with Crippen molar-refractivity contribution in [3.05, 3.63) is 59.8 Å². The molecule has 0 bridgehead atoms. The van der Waals surface area contributed by atoms with E-state index >= 15 is 0 Å². The number of aromatic nitrogens is 1. The number of anilines is 1. The van der Waals surface area contributed by atoms with Gasteiger partial charge >= 0.3 is 0 Å². The summed E-state index contributed by atoms with van der Waals surface area (Å²) in [5.74, 6) is -0.722. The molecule has 2 rings (SSSR count). The van der Waals surface area contributed by atoms with Crippen molar-refractivity contribution >= 4 is 12.0 Å². The summed E-state index contributed by atoms with van der Waals surface area (Å²) in [6.07, 6.45) is 2.87. The highest BCUT2D eigenvalue weighted by Gasteiger charge is 2.00. The van der Waals surface area contributed by atoms with E-state index in [1.807, 2.05) is 0 Å². The molecule has 0 spiro atoms. The summed E-state index contributed by atoms with van der Waals surface area (Å²) in [4.78, 5) is 3.97. The molecule has 5 heteroatoms. The number of hydrazone groups is 1. The number of pyridine rings is 1. The van der Waals surface area contributed by atoms with Crippen molar-refractivity contribution < 1.29 is 8.78 Å². The Morgan fingerprint density at radius 1 is 1.18 bits per heavy atom. The Morgan fingerprint density at radius 2 is 2.06 bits per heavy atom. The van der Waals surface area contributed by atoms with E-state index < -0.39 is 11.6 Å². The number of halogens is 2. The van der Waals surface area contributed by atoms with Crippen molar-refractivity contribution in [2.24, 2.45) is 5.10 Å². The minimum absolute atomic E-state index is 0.204. The van der Waals surface area contributed by atoms with Crippen molar-refractivity contribution in [2.45, 2.75) is 0 Å². The zero-order valence-corrected chi connectivity index (χ0v) is 8.77. The van der Waals surface area contributed by atoms with Crippen LogP contribution in [0.2, 0.25) is 0 Å². The molecule has 0 saturated heterocycles. The highest BCUT2D eigenvalue weighted by Crippen LogP contribution is 2.07. The topological polar surface area (TPSA) is 37.3 Å². The smallest absolute Gasteiger partial charge is 0.146 e. The standard InChI is InChI=1S/C12H9F2N3/c13-10-5-4-9(11(14)7-10)8-16-17-12-3-1-2-6-15-12/h1-8H,(H,15,17)/b16-8+. The zero-order chi connectivity index (χ0) is 12.1. The van der Waals surface area contributed by atoms with E-state index in [9.17, 15) is 8.78 Å². The molecule has 0 unspecified atom stereocenters. The molecule has 0 atom stereocenters. The van der Waals surface area contributed by atoms with Crippen LogP contribution in [0.25, 0.3) is 0 Å². The molecule has 0 aliphatic heterocycles. The molecule has 1 aromatic carbocycles. The van der Waals surface area contributed by atoms with Crippen LogP contribution < -0.4 is 5.43 Å². The van der Waals surface area contributed by atoms with Gasteiger partial charge < -0.3 is 0 Å². The Labute approximate surface area is 96.8 Å². The lowest BCUT2D eigenvalue weighted by atomic mass is 10.2. The van der Waals surface area contributed by atoms with E-state index in [1.165, 1.54) is 18.3 Å². The minimum Gasteiger partial charge on any atom is -0.261 e. The van der Waals surface area contributed by atoms with Gasteiger partial charge in [-0.05, 0) is 24.3 Å². The fourth-order valence-electron chi connectivity index (χ4n) is 1.20. The molecule has 17 heavy (non-hydrogen) atoms. The molecular weight excluding hydrogens is 224 g/mol. The number of hydrogen-bond donors (Lipinski definition) is 1. The summed E-state index contributed by atoms with van der Waals surface area (Å²) in [6.45, 7) is 0. The first-order chi connectivity index (χ1) is 8.25. The monoisotopic (exact) mass is 233 g/mol. The third-order valence-electron chi connectivity index (χ3n) is 2.01. The van der Waals surface area contributed by atoms with E-state index in [0.717, 1.165) is 6.07 Å². The van der Waals surface area contributed by atoms with Crippen LogP contribution >= 0.6 is 0 Å². The summed E-state index contributed by atoms with van der Waals surface area (Å²) in [6, 6.07) is 8.58. The maximum Gasteiger partial charge on any atom is 0.146 e. The van der Waals surface area contributed by atoms with E-state index in [1.54, 1.807) is 24.4 Å². The second kappa shape index (κ2) is 5.16. The number of rotatable bonds is 3. The Morgan fingerprint density at radius 3 is 2.76 bits per heavy atom. The number of benzene rings is 1. The van der Waals surface area contributed by atoms with Crippen LogP contribution in [-0.2, 0) is 0 Å². The summed E-state index contributed by atoms with van der Waals surface area (Å²) in [5, 5.41) is 3.80. The van der Waals surface area contributed by atoms with E-state index in [4.69, 9.17) is 0 Å². The first-order valence-corrected chi connectivity index (χ1v) is 4.91. The maximum atomic E-state index is 13.2. The van der Waals surface area contributed by atoms with Gasteiger partial charge in [-0.2, -0.15) is 5.10 Å². The van der Waals surface area contributed by atoms with Crippen molar-refractivity contribution in [3.8, 4) is 0 Å². The van der Waals surface area contributed by atoms with Crippen LogP contribution in [0.3, 0.4) is 0 Å². The van der Waals surface area contributed by atoms with Gasteiger partial charge in [0, 0.05) is 17.8 Å². The first-order valence-electron chi connectivity index (χ1n) is 4.91. The van der Waals surface area contributed by atoms with Gasteiger partial charge in [-0.25, -0.2) is 13.8 Å². The Kier molecular flexibility index (Phi) is 3.40. The molecule has 0 radical (unpaired) electrons. The second-order valence-electron chi connectivity index (χ2n) is 3.25. The van der Waals surface area contributed by atoms with Crippen molar-refractivity contribution in [1.82, 2.24) is 4.98 Å². The third-order valence-corrected chi connectivity index (χ3v) is 2.01. The van der Waals surface area contributed by atoms with Gasteiger partial charge in [0.05, 0.1) is 6.21 Å². The normalized spacial score (nSPS) is 10.7. The first kappa shape index (κ1) is 11.2. The summed E-state index contributed by atoms with van der Waals surface area (Å²) < 4.78 is 25.8. The van der Waals surface area contributed by atoms with Gasteiger partial charge in [-0.1, -0.05) is 6.07 Å². The van der Waals surface area contributed by atoms with Gasteiger partial charge in [0.25, 0.3) is 0 Å². The average molecular weight is 233 g/mol. The van der Waals surface area contributed by atoms with Crippen molar-refractivity contribution in [3.63, 3.8) is 0 Å². The van der Waals surface area contributed by atoms with E-state index in [2.05, 4.69) is 15.5 Å². The Balaban J connectivity index is 2.06. The summed E-state index contributed by atoms with van der Waals surface area (Å²) >= 11 is 0. The van der Waals surface area contributed by atoms with Crippen LogP contribution in [0.1, 0.15) is 5.56 Å². The highest BCUT2D eigenvalue weighted by molar-refractivity contribution is 5.80. The molecule has 1 aromatic heterocycles. The molecule has 2 aromatic rings. The van der Waals surface area contributed by atoms with Crippen LogP contribution in [-0.4, -0.2) is 11.2 Å². The minimum atomic E-state index is -0.656. The number of nitrogens with zero attached hydrogens (tertiary/aromatic N) is 2. The van der Waals surface area contributed by atoms with Gasteiger partial charge in [0.2, 0.25) is 0 Å². The van der Waals surface area contributed by atoms with Crippen LogP contribution in [0.4, 0.5) is 14.6 Å². The number of nitrogens with one attached hydrogen (secondary N) is 1. The molecule has 1 N–H and O–H groups in total. The molecule has 3 nitrogen and oxygen atoms in total. The maximum absolute atomic E-state index is 13.2. The lowest BCUT2D eigenvalue weighted by Crippen LogP contribution is -1.95. The van der Waals surface area contributed by atoms with Crippen molar-refractivity contribution in [1.29, 1.82) is 0 Å². The van der Waals surface area contributed by atoms with Crippen LogP contribution in [0.15, 0.2) is 47.7 Å². The SMILES string of the molecule is Fc1ccc(/C=N/Nc2ccccn2)c(F)c1. The summed E-state index contributed by atoms with van der Waals surface area (Å²) in [7, 11) is 0. The molecule has 0 amide bonds. The predicted molar refractivity (Wildman–Crippen MR) is 61.8 cm³/mol. The molecule has 1 heterocycles. The molecule has 0 aliphatic carbocycles. The molecular formula is C12H9F2N3. The Bertz CT molecular complexity index is 527. The third kappa shape index (κ3) is 3.07. The van der Waals surface area contributed by atoms with Crippen LogP contribution in [0, 0.1) is 11.6 Å². The van der Waals surface area contributed by atoms with Crippen molar-refractivity contribution in [2.75, 3.05) is 5.43 Å². The Hall–Kier alpha value is -2.30. The second-order valence-corrected chi connectivity index (χ2v) is 3.25. The molecule has 0 saturated carbocycles. The lowest BCUT2D eigenvalue weighted by Gasteiger charge is -1.98. The number of hydrogen-bond acceptors (Lipinski definition) is 3. The largest absolute Gasteiger partial charge is 0.261 e. The molecule has 86 valence electrons. The van der Waals surface area contributed by atoms with Gasteiger partial charge in [-0.3, -0.25) is 5.43 Å². The quantitative estimate of drug-likeness (QED) is 0.653. The van der Waals surface area contributed by atoms with Gasteiger partial charge in [-0.15, -0.1) is 0 Å². The average Bonchev–Trinajstić information content (AvgIpc) is 2.33. The van der Waals surface area contributed by atoms with Gasteiger partial charge in [0.15, 0.2) is 0 Å². The lowest BCUT2D eigenvalue weighted by molar-refractivity contribution is 0.582. The van der Waals surface area contributed by atoms with Crippen LogP contribution in [0.5, 0.6) is 0 Å². The predicted octanol–water partition coefficient (Wildman–Crippen LogP) is 2.81. The molecule has 0 aliphatic rings. The van der Waals surface area contributed by atoms with E-state index in [-0.39, 0.29) is 5.56 Å². The summed E-state index contributed by atoms with van der Waals surface area (Å²) in [5.41, 5.74) is 2.84.